The fourth-order valence-electron chi connectivity index (χ4n) is 2.63. The molecule has 6 nitrogen and oxygen atoms in total. The number of aryl methyl sites for hydroxylation is 1. The van der Waals surface area contributed by atoms with E-state index < -0.39 is 22.4 Å². The van der Waals surface area contributed by atoms with Gasteiger partial charge in [0, 0.05) is 5.69 Å². The molecule has 0 amide bonds. The smallest absolute Gasteiger partial charge is 0.321 e. The average molecular weight is 427 g/mol. The van der Waals surface area contributed by atoms with E-state index >= 15 is 0 Å². The molecule has 0 aliphatic heterocycles. The van der Waals surface area contributed by atoms with Gasteiger partial charge in [-0.25, -0.2) is 9.97 Å². The Labute approximate surface area is 176 Å². The summed E-state index contributed by atoms with van der Waals surface area (Å²) in [4.78, 5) is 32.3. The molecule has 0 bridgehead atoms. The standard InChI is InChI=1S/C21H18N2O4S2/c1-13-12-16(28-17(19(24)25)14-8-4-2-5-9-14)23-21(22-13)29-18(20(26)27)15-10-6-3-7-11-15/h2-12,17-18H,1H3,(H,24,25)(H,26,27). The fourth-order valence-corrected chi connectivity index (χ4v) is 4.65. The van der Waals surface area contributed by atoms with Crippen LogP contribution in [0.1, 0.15) is 27.3 Å². The van der Waals surface area contributed by atoms with E-state index in [1.54, 1.807) is 61.5 Å². The molecule has 3 rings (SSSR count). The van der Waals surface area contributed by atoms with Crippen molar-refractivity contribution in [3.8, 4) is 0 Å². The van der Waals surface area contributed by atoms with Gasteiger partial charge >= 0.3 is 11.9 Å². The highest BCUT2D eigenvalue weighted by Crippen LogP contribution is 2.38. The van der Waals surface area contributed by atoms with Gasteiger partial charge < -0.3 is 10.2 Å². The molecule has 0 aliphatic rings. The van der Waals surface area contributed by atoms with Crippen LogP contribution >= 0.6 is 23.5 Å². The molecule has 0 radical (unpaired) electrons. The number of carbonyl (C=O) groups is 2. The van der Waals surface area contributed by atoms with E-state index in [4.69, 9.17) is 0 Å². The van der Waals surface area contributed by atoms with Gasteiger partial charge in [-0.1, -0.05) is 84.2 Å². The molecule has 2 atom stereocenters. The van der Waals surface area contributed by atoms with Crippen LogP contribution in [0, 0.1) is 6.92 Å². The topological polar surface area (TPSA) is 100 Å². The molecule has 0 spiro atoms. The predicted octanol–water partition coefficient (Wildman–Crippen LogP) is 4.62. The Morgan fingerprint density at radius 3 is 1.76 bits per heavy atom. The summed E-state index contributed by atoms with van der Waals surface area (Å²) >= 11 is 2.13. The minimum absolute atomic E-state index is 0.293. The average Bonchev–Trinajstić information content (AvgIpc) is 2.71. The lowest BCUT2D eigenvalue weighted by atomic mass is 10.1. The maximum atomic E-state index is 11.8. The lowest BCUT2D eigenvalue weighted by molar-refractivity contribution is -0.137. The molecule has 0 aliphatic carbocycles. The number of rotatable bonds is 8. The van der Waals surface area contributed by atoms with Crippen molar-refractivity contribution in [1.29, 1.82) is 0 Å². The summed E-state index contributed by atoms with van der Waals surface area (Å²) in [7, 11) is 0. The summed E-state index contributed by atoms with van der Waals surface area (Å²) < 4.78 is 0. The van der Waals surface area contributed by atoms with Crippen LogP contribution in [0.3, 0.4) is 0 Å². The van der Waals surface area contributed by atoms with Crippen LogP contribution in [-0.4, -0.2) is 32.1 Å². The largest absolute Gasteiger partial charge is 0.480 e. The maximum absolute atomic E-state index is 11.8. The number of benzene rings is 2. The van der Waals surface area contributed by atoms with Crippen molar-refractivity contribution >= 4 is 35.5 Å². The number of carboxylic acids is 2. The van der Waals surface area contributed by atoms with Crippen LogP contribution < -0.4 is 0 Å². The van der Waals surface area contributed by atoms with Gasteiger partial charge in [-0.15, -0.1) is 0 Å². The first-order valence-electron chi connectivity index (χ1n) is 8.68. The Bertz CT molecular complexity index is 922. The highest BCUT2D eigenvalue weighted by Gasteiger charge is 2.25. The van der Waals surface area contributed by atoms with E-state index in [2.05, 4.69) is 9.97 Å². The summed E-state index contributed by atoms with van der Waals surface area (Å²) in [6.45, 7) is 1.77. The third kappa shape index (κ3) is 5.58. The van der Waals surface area contributed by atoms with E-state index in [1.165, 1.54) is 0 Å². The Morgan fingerprint density at radius 2 is 1.28 bits per heavy atom. The molecule has 2 unspecified atom stereocenters. The molecule has 1 aromatic heterocycles. The first-order valence-corrected chi connectivity index (χ1v) is 10.4. The number of aliphatic carboxylic acids is 2. The van der Waals surface area contributed by atoms with Gasteiger partial charge in [0.15, 0.2) is 5.16 Å². The van der Waals surface area contributed by atoms with Gasteiger partial charge in [0.05, 0.1) is 0 Å². The van der Waals surface area contributed by atoms with Crippen LogP contribution in [0.2, 0.25) is 0 Å². The molecular weight excluding hydrogens is 408 g/mol. The minimum Gasteiger partial charge on any atom is -0.480 e. The summed E-state index contributed by atoms with van der Waals surface area (Å²) in [6, 6.07) is 19.5. The van der Waals surface area contributed by atoms with Gasteiger partial charge in [0.1, 0.15) is 15.5 Å². The molecular formula is C21H18N2O4S2. The van der Waals surface area contributed by atoms with Crippen LogP contribution in [0.15, 0.2) is 76.9 Å². The second-order valence-electron chi connectivity index (χ2n) is 6.12. The quantitative estimate of drug-likeness (QED) is 0.306. The summed E-state index contributed by atoms with van der Waals surface area (Å²) in [5.41, 5.74) is 1.93. The van der Waals surface area contributed by atoms with E-state index in [-0.39, 0.29) is 0 Å². The third-order valence-corrected chi connectivity index (χ3v) is 6.19. The van der Waals surface area contributed by atoms with Gasteiger partial charge in [0.2, 0.25) is 0 Å². The number of nitrogens with zero attached hydrogens (tertiary/aromatic N) is 2. The van der Waals surface area contributed by atoms with E-state index in [0.717, 1.165) is 23.5 Å². The zero-order chi connectivity index (χ0) is 20.8. The van der Waals surface area contributed by atoms with Crippen LogP contribution in [-0.2, 0) is 9.59 Å². The van der Waals surface area contributed by atoms with Gasteiger partial charge in [0.25, 0.3) is 0 Å². The number of thioether (sulfide) groups is 2. The van der Waals surface area contributed by atoms with Gasteiger partial charge in [-0.2, -0.15) is 0 Å². The zero-order valence-corrected chi connectivity index (χ0v) is 17.1. The number of aromatic nitrogens is 2. The van der Waals surface area contributed by atoms with Gasteiger partial charge in [-0.3, -0.25) is 9.59 Å². The second-order valence-corrected chi connectivity index (χ2v) is 8.32. The zero-order valence-electron chi connectivity index (χ0n) is 15.4. The highest BCUT2D eigenvalue weighted by molar-refractivity contribution is 8.00. The Kier molecular flexibility index (Phi) is 6.90. The number of hydrogen-bond donors (Lipinski definition) is 2. The van der Waals surface area contributed by atoms with Crippen molar-refractivity contribution in [2.24, 2.45) is 0 Å². The molecule has 2 N–H and O–H groups in total. The predicted molar refractivity (Wildman–Crippen MR) is 112 cm³/mol. The Morgan fingerprint density at radius 1 is 0.793 bits per heavy atom. The van der Waals surface area contributed by atoms with Crippen molar-refractivity contribution in [2.75, 3.05) is 0 Å². The monoisotopic (exact) mass is 426 g/mol. The van der Waals surface area contributed by atoms with E-state index in [9.17, 15) is 19.8 Å². The van der Waals surface area contributed by atoms with Crippen LogP contribution in [0.25, 0.3) is 0 Å². The van der Waals surface area contributed by atoms with E-state index in [1.807, 2.05) is 12.1 Å². The first-order chi connectivity index (χ1) is 13.9. The van der Waals surface area contributed by atoms with Crippen molar-refractivity contribution in [2.45, 2.75) is 27.6 Å². The Hall–Kier alpha value is -2.84. The van der Waals surface area contributed by atoms with Crippen molar-refractivity contribution in [3.05, 3.63) is 83.6 Å². The summed E-state index contributed by atoms with van der Waals surface area (Å²) in [5.74, 6) is -1.97. The number of carboxylic acid groups (broad SMARTS) is 2. The molecule has 8 heteroatoms. The first kappa shape index (κ1) is 20.9. The molecule has 148 valence electrons. The fraction of sp³-hybridized carbons (Fsp3) is 0.143. The molecule has 0 saturated heterocycles. The minimum atomic E-state index is -0.992. The Balaban J connectivity index is 1.87. The van der Waals surface area contributed by atoms with Crippen LogP contribution in [0.4, 0.5) is 0 Å². The normalized spacial score (nSPS) is 12.9. The molecule has 1 heterocycles. The molecule has 0 fully saturated rings. The molecule has 3 aromatic rings. The molecule has 29 heavy (non-hydrogen) atoms. The molecule has 2 aromatic carbocycles. The van der Waals surface area contributed by atoms with Crippen molar-refractivity contribution in [1.82, 2.24) is 9.97 Å². The highest BCUT2D eigenvalue weighted by atomic mass is 32.2. The lowest BCUT2D eigenvalue weighted by Gasteiger charge is -2.14. The SMILES string of the molecule is Cc1cc(SC(C(=O)O)c2ccccc2)nc(SC(C(=O)O)c2ccccc2)n1. The van der Waals surface area contributed by atoms with Crippen molar-refractivity contribution < 1.29 is 19.8 Å². The second kappa shape index (κ2) is 9.58. The van der Waals surface area contributed by atoms with Crippen LogP contribution in [0.5, 0.6) is 0 Å². The van der Waals surface area contributed by atoms with Gasteiger partial charge in [-0.05, 0) is 24.1 Å². The molecule has 0 saturated carbocycles. The third-order valence-electron chi connectivity index (χ3n) is 3.93. The van der Waals surface area contributed by atoms with Crippen molar-refractivity contribution in [3.63, 3.8) is 0 Å². The maximum Gasteiger partial charge on any atom is 0.321 e. The number of hydrogen-bond acceptors (Lipinski definition) is 6. The summed E-state index contributed by atoms with van der Waals surface area (Å²) in [6.07, 6.45) is 0. The lowest BCUT2D eigenvalue weighted by Crippen LogP contribution is -2.10. The van der Waals surface area contributed by atoms with E-state index in [0.29, 0.717) is 27.0 Å². The summed E-state index contributed by atoms with van der Waals surface area (Å²) in [5, 5.41) is 18.4.